The molecule has 0 aromatic carbocycles. The molecule has 0 radical (unpaired) electrons. The third-order valence-electron chi connectivity index (χ3n) is 4.15. The highest BCUT2D eigenvalue weighted by Crippen LogP contribution is 2.28. The van der Waals surface area contributed by atoms with Crippen LogP contribution in [0.2, 0.25) is 0 Å². The molecule has 1 aliphatic rings. The van der Waals surface area contributed by atoms with Gasteiger partial charge in [-0.15, -0.1) is 0 Å². The summed E-state index contributed by atoms with van der Waals surface area (Å²) in [6, 6.07) is 1.50. The van der Waals surface area contributed by atoms with Crippen LogP contribution in [-0.2, 0) is 0 Å². The van der Waals surface area contributed by atoms with Crippen molar-refractivity contribution in [3.63, 3.8) is 0 Å². The molecule has 0 aliphatic heterocycles. The van der Waals surface area contributed by atoms with Crippen LogP contribution in [0.3, 0.4) is 0 Å². The van der Waals surface area contributed by atoms with Crippen molar-refractivity contribution in [3.05, 3.63) is 0 Å². The van der Waals surface area contributed by atoms with E-state index in [0.29, 0.717) is 6.04 Å². The third kappa shape index (κ3) is 4.97. The van der Waals surface area contributed by atoms with Crippen LogP contribution in [0.15, 0.2) is 0 Å². The molecule has 2 heteroatoms. The van der Waals surface area contributed by atoms with Crippen molar-refractivity contribution in [1.82, 2.24) is 10.2 Å². The average Bonchev–Trinajstić information content (AvgIpc) is 2.72. The third-order valence-corrected chi connectivity index (χ3v) is 4.15. The highest BCUT2D eigenvalue weighted by molar-refractivity contribution is 4.83. The van der Waals surface area contributed by atoms with Gasteiger partial charge in [0.25, 0.3) is 0 Å². The van der Waals surface area contributed by atoms with Crippen LogP contribution in [0.5, 0.6) is 0 Å². The van der Waals surface area contributed by atoms with Gasteiger partial charge in [-0.2, -0.15) is 0 Å². The maximum atomic E-state index is 3.66. The van der Waals surface area contributed by atoms with E-state index in [-0.39, 0.29) is 0 Å². The minimum atomic E-state index is 0.703. The molecule has 0 saturated heterocycles. The molecule has 102 valence electrons. The molecule has 2 unspecified atom stereocenters. The zero-order valence-corrected chi connectivity index (χ0v) is 12.3. The predicted molar refractivity (Wildman–Crippen MR) is 76.4 cm³/mol. The number of rotatable bonds is 8. The van der Waals surface area contributed by atoms with Crippen LogP contribution in [0.25, 0.3) is 0 Å². The highest BCUT2D eigenvalue weighted by Gasteiger charge is 2.26. The molecule has 0 spiro atoms. The van der Waals surface area contributed by atoms with Crippen LogP contribution in [0, 0.1) is 5.92 Å². The fourth-order valence-electron chi connectivity index (χ4n) is 3.16. The van der Waals surface area contributed by atoms with Gasteiger partial charge in [-0.05, 0) is 65.1 Å². The average molecular weight is 240 g/mol. The van der Waals surface area contributed by atoms with Crippen molar-refractivity contribution in [2.24, 2.45) is 5.92 Å². The number of nitrogens with zero attached hydrogens (tertiary/aromatic N) is 1. The molecular formula is C15H32N2. The lowest BCUT2D eigenvalue weighted by Crippen LogP contribution is -2.37. The summed E-state index contributed by atoms with van der Waals surface area (Å²) in [6.45, 7) is 12.8. The van der Waals surface area contributed by atoms with Crippen LogP contribution < -0.4 is 5.32 Å². The highest BCUT2D eigenvalue weighted by atomic mass is 15.1. The zero-order valence-electron chi connectivity index (χ0n) is 12.3. The van der Waals surface area contributed by atoms with E-state index in [1.165, 1.54) is 45.2 Å². The summed E-state index contributed by atoms with van der Waals surface area (Å²) >= 11 is 0. The fraction of sp³-hybridized carbons (Fsp3) is 1.00. The predicted octanol–water partition coefficient (Wildman–Crippen LogP) is 3.28. The van der Waals surface area contributed by atoms with Gasteiger partial charge in [-0.25, -0.2) is 0 Å². The maximum Gasteiger partial charge on any atom is 0.00956 e. The van der Waals surface area contributed by atoms with E-state index in [1.807, 2.05) is 0 Å². The second-order valence-corrected chi connectivity index (χ2v) is 5.77. The number of hydrogen-bond donors (Lipinski definition) is 1. The second-order valence-electron chi connectivity index (χ2n) is 5.77. The first kappa shape index (κ1) is 15.0. The van der Waals surface area contributed by atoms with Crippen LogP contribution in [0.4, 0.5) is 0 Å². The Morgan fingerprint density at radius 2 is 1.94 bits per heavy atom. The van der Waals surface area contributed by atoms with Crippen molar-refractivity contribution < 1.29 is 0 Å². The molecule has 0 amide bonds. The van der Waals surface area contributed by atoms with Gasteiger partial charge in [0.15, 0.2) is 0 Å². The van der Waals surface area contributed by atoms with Gasteiger partial charge in [0.2, 0.25) is 0 Å². The largest absolute Gasteiger partial charge is 0.314 e. The minimum Gasteiger partial charge on any atom is -0.314 e. The summed E-state index contributed by atoms with van der Waals surface area (Å²) in [4.78, 5) is 2.64. The molecule has 0 heterocycles. The van der Waals surface area contributed by atoms with Crippen molar-refractivity contribution >= 4 is 0 Å². The first-order valence-corrected chi connectivity index (χ1v) is 7.66. The monoisotopic (exact) mass is 240 g/mol. The first-order chi connectivity index (χ1) is 8.19. The Balaban J connectivity index is 2.32. The SMILES string of the molecule is CCCN(CCC1CCCC1NCC)C(C)C. The van der Waals surface area contributed by atoms with Gasteiger partial charge in [0.1, 0.15) is 0 Å². The van der Waals surface area contributed by atoms with Crippen LogP contribution >= 0.6 is 0 Å². The van der Waals surface area contributed by atoms with Gasteiger partial charge in [0.05, 0.1) is 0 Å². The van der Waals surface area contributed by atoms with Crippen molar-refractivity contribution in [2.45, 2.75) is 71.9 Å². The Hall–Kier alpha value is -0.0800. The molecule has 1 N–H and O–H groups in total. The maximum absolute atomic E-state index is 3.66. The molecule has 1 rings (SSSR count). The number of nitrogens with one attached hydrogen (secondary N) is 1. The Morgan fingerprint density at radius 3 is 2.53 bits per heavy atom. The Kier molecular flexibility index (Phi) is 7.14. The van der Waals surface area contributed by atoms with E-state index in [0.717, 1.165) is 18.5 Å². The summed E-state index contributed by atoms with van der Waals surface area (Å²) in [5.74, 6) is 0.924. The fourth-order valence-corrected chi connectivity index (χ4v) is 3.16. The molecule has 17 heavy (non-hydrogen) atoms. The molecule has 2 atom stereocenters. The molecular weight excluding hydrogens is 208 g/mol. The van der Waals surface area contributed by atoms with Crippen molar-refractivity contribution in [3.8, 4) is 0 Å². The zero-order chi connectivity index (χ0) is 12.7. The summed E-state index contributed by atoms with van der Waals surface area (Å²) in [5, 5.41) is 3.66. The Morgan fingerprint density at radius 1 is 1.18 bits per heavy atom. The summed E-state index contributed by atoms with van der Waals surface area (Å²) in [5.41, 5.74) is 0. The van der Waals surface area contributed by atoms with Gasteiger partial charge >= 0.3 is 0 Å². The normalized spacial score (nSPS) is 25.1. The van der Waals surface area contributed by atoms with Gasteiger partial charge in [-0.3, -0.25) is 0 Å². The lowest BCUT2D eigenvalue weighted by atomic mass is 9.99. The molecule has 0 aromatic heterocycles. The smallest absolute Gasteiger partial charge is 0.00956 e. The second kappa shape index (κ2) is 8.10. The lowest BCUT2D eigenvalue weighted by molar-refractivity contribution is 0.199. The minimum absolute atomic E-state index is 0.703. The Labute approximate surface area is 108 Å². The number of hydrogen-bond acceptors (Lipinski definition) is 2. The van der Waals surface area contributed by atoms with Crippen molar-refractivity contribution in [2.75, 3.05) is 19.6 Å². The lowest BCUT2D eigenvalue weighted by Gasteiger charge is -2.29. The molecule has 0 aromatic rings. The quantitative estimate of drug-likeness (QED) is 0.700. The Bertz CT molecular complexity index is 191. The van der Waals surface area contributed by atoms with E-state index >= 15 is 0 Å². The van der Waals surface area contributed by atoms with Gasteiger partial charge in [-0.1, -0.05) is 20.3 Å². The van der Waals surface area contributed by atoms with Crippen LogP contribution in [-0.4, -0.2) is 36.6 Å². The molecule has 1 fully saturated rings. The van der Waals surface area contributed by atoms with E-state index in [2.05, 4.69) is 37.9 Å². The molecule has 0 bridgehead atoms. The van der Waals surface area contributed by atoms with E-state index in [9.17, 15) is 0 Å². The topological polar surface area (TPSA) is 15.3 Å². The molecule has 1 saturated carbocycles. The molecule has 2 nitrogen and oxygen atoms in total. The summed E-state index contributed by atoms with van der Waals surface area (Å²) in [6.07, 6.45) is 6.93. The first-order valence-electron chi connectivity index (χ1n) is 7.66. The van der Waals surface area contributed by atoms with Gasteiger partial charge in [0, 0.05) is 12.1 Å². The molecule has 1 aliphatic carbocycles. The summed E-state index contributed by atoms with van der Waals surface area (Å²) in [7, 11) is 0. The van der Waals surface area contributed by atoms with Crippen LogP contribution in [0.1, 0.15) is 59.8 Å². The van der Waals surface area contributed by atoms with Crippen molar-refractivity contribution in [1.29, 1.82) is 0 Å². The van der Waals surface area contributed by atoms with E-state index in [4.69, 9.17) is 0 Å². The van der Waals surface area contributed by atoms with E-state index < -0.39 is 0 Å². The standard InChI is InChI=1S/C15H32N2/c1-5-11-17(13(3)4)12-10-14-8-7-9-15(14)16-6-2/h13-16H,5-12H2,1-4H3. The van der Waals surface area contributed by atoms with E-state index in [1.54, 1.807) is 0 Å². The van der Waals surface area contributed by atoms with Gasteiger partial charge < -0.3 is 10.2 Å². The summed E-state index contributed by atoms with van der Waals surface area (Å²) < 4.78 is 0.